The molecular weight excluding hydrogens is 392 g/mol. The first kappa shape index (κ1) is 16.2. The van der Waals surface area contributed by atoms with Crippen LogP contribution in [-0.4, -0.2) is 25.7 Å². The van der Waals surface area contributed by atoms with Crippen molar-refractivity contribution in [3.05, 3.63) is 46.2 Å². The fraction of sp³-hybridized carbons (Fsp3) is 0.450. The van der Waals surface area contributed by atoms with E-state index >= 15 is 0 Å². The molecule has 1 fully saturated rings. The molecule has 2 heterocycles. The van der Waals surface area contributed by atoms with Crippen molar-refractivity contribution >= 4 is 32.7 Å². The molecule has 5 rings (SSSR count). The molecule has 2 aromatic heterocycles. The molecule has 6 heteroatoms. The van der Waals surface area contributed by atoms with Gasteiger partial charge in [0.25, 0.3) is 0 Å². The number of ketones is 1. The van der Waals surface area contributed by atoms with Gasteiger partial charge >= 0.3 is 0 Å². The van der Waals surface area contributed by atoms with E-state index in [0.29, 0.717) is 24.0 Å². The van der Waals surface area contributed by atoms with Gasteiger partial charge in [0, 0.05) is 22.5 Å². The number of imidazole rings is 2. The first-order chi connectivity index (χ1) is 12.7. The average Bonchev–Trinajstić information content (AvgIpc) is 3.29. The van der Waals surface area contributed by atoms with E-state index in [1.54, 1.807) is 6.33 Å². The second-order valence-electron chi connectivity index (χ2n) is 7.69. The van der Waals surface area contributed by atoms with E-state index in [9.17, 15) is 4.79 Å². The largest absolute Gasteiger partial charge is 0.348 e. The Bertz CT molecular complexity index is 971. The number of H-pyrrole nitrogens is 2. The Hall–Kier alpha value is -1.95. The number of fused-ring (bicyclic) bond motifs is 2. The zero-order valence-corrected chi connectivity index (χ0v) is 16.1. The maximum absolute atomic E-state index is 12.4. The molecule has 134 valence electrons. The lowest BCUT2D eigenvalue weighted by Crippen LogP contribution is -2.14. The fourth-order valence-electron chi connectivity index (χ4n) is 4.19. The van der Waals surface area contributed by atoms with Crippen LogP contribution in [0.2, 0.25) is 0 Å². The molecule has 1 unspecified atom stereocenters. The van der Waals surface area contributed by atoms with Gasteiger partial charge in [-0.2, -0.15) is 0 Å². The molecule has 0 bridgehead atoms. The Kier molecular flexibility index (Phi) is 3.96. The second-order valence-corrected chi connectivity index (χ2v) is 8.60. The van der Waals surface area contributed by atoms with Gasteiger partial charge in [0.2, 0.25) is 0 Å². The number of carbonyl (C=O) groups excluding carboxylic acids is 1. The normalized spacial score (nSPS) is 23.0. The van der Waals surface area contributed by atoms with Crippen molar-refractivity contribution in [2.75, 3.05) is 0 Å². The van der Waals surface area contributed by atoms with Gasteiger partial charge in [-0.1, -0.05) is 15.9 Å². The molecule has 2 atom stereocenters. The molecular formula is C20H21BrN4O. The van der Waals surface area contributed by atoms with Crippen molar-refractivity contribution in [1.82, 2.24) is 19.9 Å². The Morgan fingerprint density at radius 3 is 3.00 bits per heavy atom. The maximum Gasteiger partial charge on any atom is 0.136 e. The highest BCUT2D eigenvalue weighted by Crippen LogP contribution is 2.39. The van der Waals surface area contributed by atoms with Gasteiger partial charge in [0.1, 0.15) is 11.6 Å². The van der Waals surface area contributed by atoms with Crippen molar-refractivity contribution < 1.29 is 4.79 Å². The monoisotopic (exact) mass is 412 g/mol. The van der Waals surface area contributed by atoms with Crippen LogP contribution in [0.25, 0.3) is 11.0 Å². The Balaban J connectivity index is 1.49. The van der Waals surface area contributed by atoms with Crippen LogP contribution in [0.3, 0.4) is 0 Å². The summed E-state index contributed by atoms with van der Waals surface area (Å²) >= 11 is 3.52. The van der Waals surface area contributed by atoms with E-state index in [1.165, 1.54) is 5.69 Å². The fourth-order valence-corrected chi connectivity index (χ4v) is 4.55. The smallest absolute Gasteiger partial charge is 0.136 e. The number of hydrogen-bond donors (Lipinski definition) is 2. The van der Waals surface area contributed by atoms with Gasteiger partial charge in [0.05, 0.1) is 29.0 Å². The number of Topliss-reactive ketones (excluding diaryl/α,β-unsaturated/α-hetero) is 1. The molecule has 2 aliphatic carbocycles. The summed E-state index contributed by atoms with van der Waals surface area (Å²) in [5.74, 6) is 2.27. The summed E-state index contributed by atoms with van der Waals surface area (Å²) < 4.78 is 1.04. The van der Waals surface area contributed by atoms with Crippen LogP contribution in [0.4, 0.5) is 0 Å². The van der Waals surface area contributed by atoms with Gasteiger partial charge in [-0.05, 0) is 56.2 Å². The molecule has 5 nitrogen and oxygen atoms in total. The van der Waals surface area contributed by atoms with E-state index in [0.717, 1.165) is 59.1 Å². The minimum absolute atomic E-state index is 0.113. The highest BCUT2D eigenvalue weighted by molar-refractivity contribution is 9.10. The lowest BCUT2D eigenvalue weighted by atomic mass is 9.87. The lowest BCUT2D eigenvalue weighted by molar-refractivity contribution is -0.121. The summed E-state index contributed by atoms with van der Waals surface area (Å²) in [7, 11) is 0. The lowest BCUT2D eigenvalue weighted by Gasteiger charge is -2.18. The van der Waals surface area contributed by atoms with E-state index < -0.39 is 0 Å². The highest BCUT2D eigenvalue weighted by atomic mass is 79.9. The summed E-state index contributed by atoms with van der Waals surface area (Å²) in [6, 6.07) is 6.09. The molecule has 1 saturated carbocycles. The molecule has 2 N–H and O–H groups in total. The quantitative estimate of drug-likeness (QED) is 0.619. The zero-order valence-electron chi connectivity index (χ0n) is 14.5. The number of hydrogen-bond acceptors (Lipinski definition) is 3. The van der Waals surface area contributed by atoms with Crippen molar-refractivity contribution in [2.45, 2.75) is 44.4 Å². The van der Waals surface area contributed by atoms with Gasteiger partial charge in [0.15, 0.2) is 0 Å². The third-order valence-corrected chi connectivity index (χ3v) is 6.26. The van der Waals surface area contributed by atoms with Crippen molar-refractivity contribution in [3.8, 4) is 0 Å². The Morgan fingerprint density at radius 1 is 1.27 bits per heavy atom. The van der Waals surface area contributed by atoms with Crippen LogP contribution in [-0.2, 0) is 11.2 Å². The topological polar surface area (TPSA) is 74.4 Å². The Morgan fingerprint density at radius 2 is 2.15 bits per heavy atom. The first-order valence-corrected chi connectivity index (χ1v) is 10.2. The summed E-state index contributed by atoms with van der Waals surface area (Å²) in [5, 5.41) is 0. The molecule has 0 radical (unpaired) electrons. The molecule has 26 heavy (non-hydrogen) atoms. The van der Waals surface area contributed by atoms with Gasteiger partial charge < -0.3 is 9.97 Å². The molecule has 1 aromatic carbocycles. The number of aromatic amines is 2. The van der Waals surface area contributed by atoms with E-state index in [1.807, 2.05) is 12.1 Å². The van der Waals surface area contributed by atoms with Crippen LogP contribution >= 0.6 is 15.9 Å². The number of rotatable bonds is 4. The summed E-state index contributed by atoms with van der Waals surface area (Å²) in [6.45, 7) is 0. The summed E-state index contributed by atoms with van der Waals surface area (Å²) in [5.41, 5.74) is 4.28. The van der Waals surface area contributed by atoms with Crippen LogP contribution in [0, 0.1) is 11.8 Å². The number of halogens is 1. The van der Waals surface area contributed by atoms with Crippen LogP contribution in [0.15, 0.2) is 29.0 Å². The standard InChI is InChI=1S/C20H21BrN4O/c21-13-4-6-15-17(9-13)25-20(24-15)14-7-11(8-18(26)12-2-3-12)1-5-16-19(14)23-10-22-16/h4,6,9-12,14H,1-3,5,7-8H2,(H,22,23)(H,24,25)/t11?,14-/m0/s1. The van der Waals surface area contributed by atoms with Crippen molar-refractivity contribution in [1.29, 1.82) is 0 Å². The van der Waals surface area contributed by atoms with Crippen LogP contribution < -0.4 is 0 Å². The first-order valence-electron chi connectivity index (χ1n) is 9.37. The molecule has 0 amide bonds. The zero-order chi connectivity index (χ0) is 17.7. The third kappa shape index (κ3) is 3.00. The van der Waals surface area contributed by atoms with Crippen molar-refractivity contribution in [3.63, 3.8) is 0 Å². The summed E-state index contributed by atoms with van der Waals surface area (Å²) in [4.78, 5) is 28.6. The van der Waals surface area contributed by atoms with Gasteiger partial charge in [-0.3, -0.25) is 4.79 Å². The van der Waals surface area contributed by atoms with E-state index in [2.05, 4.69) is 36.9 Å². The predicted molar refractivity (Wildman–Crippen MR) is 103 cm³/mol. The number of nitrogens with zero attached hydrogens (tertiary/aromatic N) is 2. The number of aromatic nitrogens is 4. The van der Waals surface area contributed by atoms with Gasteiger partial charge in [-0.15, -0.1) is 0 Å². The van der Waals surface area contributed by atoms with Crippen LogP contribution in [0.1, 0.15) is 55.2 Å². The number of benzene rings is 1. The van der Waals surface area contributed by atoms with Crippen molar-refractivity contribution in [2.24, 2.45) is 11.8 Å². The average molecular weight is 413 g/mol. The summed E-state index contributed by atoms with van der Waals surface area (Å²) in [6.07, 6.45) is 7.60. The molecule has 2 aliphatic rings. The minimum atomic E-state index is 0.113. The van der Waals surface area contributed by atoms with E-state index in [4.69, 9.17) is 4.98 Å². The number of nitrogens with one attached hydrogen (secondary N) is 2. The predicted octanol–water partition coefficient (Wildman–Crippen LogP) is 4.50. The van der Waals surface area contributed by atoms with Gasteiger partial charge in [-0.25, -0.2) is 9.97 Å². The highest BCUT2D eigenvalue weighted by Gasteiger charge is 2.34. The van der Waals surface area contributed by atoms with Crippen LogP contribution in [0.5, 0.6) is 0 Å². The minimum Gasteiger partial charge on any atom is -0.348 e. The molecule has 0 spiro atoms. The maximum atomic E-state index is 12.4. The third-order valence-electron chi connectivity index (χ3n) is 5.77. The van der Waals surface area contributed by atoms with E-state index in [-0.39, 0.29) is 5.92 Å². The molecule has 0 saturated heterocycles. The SMILES string of the molecule is O=C(CC1CCc2[nH]cnc2[C@@H](c2nc3ccc(Br)cc3[nH]2)C1)C1CC1. The molecule has 0 aliphatic heterocycles. The Labute approximate surface area is 160 Å². The number of carbonyl (C=O) groups is 1. The second kappa shape index (κ2) is 6.34. The molecule has 3 aromatic rings. The number of aryl methyl sites for hydroxylation is 1.